The first-order chi connectivity index (χ1) is 8.63. The molecule has 1 heterocycles. The molecule has 1 aliphatic carbocycles. The van der Waals surface area contributed by atoms with Gasteiger partial charge in [-0.25, -0.2) is 9.97 Å². The standard InChI is InChI=1S/C14H22ClN3/c1-4-10(5-2)9(3)16-13-8-12(15)17-14(18-13)11-6-7-11/h8-11H,4-7H2,1-3H3,(H,16,17,18). The van der Waals surface area contributed by atoms with E-state index in [9.17, 15) is 0 Å². The van der Waals surface area contributed by atoms with E-state index in [1.807, 2.05) is 6.07 Å². The van der Waals surface area contributed by atoms with Gasteiger partial charge in [0.05, 0.1) is 0 Å². The van der Waals surface area contributed by atoms with Crippen molar-refractivity contribution in [2.24, 2.45) is 5.92 Å². The van der Waals surface area contributed by atoms with E-state index in [1.54, 1.807) is 0 Å². The maximum absolute atomic E-state index is 6.06. The van der Waals surface area contributed by atoms with E-state index >= 15 is 0 Å². The fourth-order valence-electron chi connectivity index (χ4n) is 2.38. The maximum atomic E-state index is 6.06. The average molecular weight is 268 g/mol. The molecule has 1 aliphatic rings. The SMILES string of the molecule is CCC(CC)C(C)Nc1cc(Cl)nc(C2CC2)n1. The number of aromatic nitrogens is 2. The molecule has 18 heavy (non-hydrogen) atoms. The Morgan fingerprint density at radius 1 is 1.33 bits per heavy atom. The first kappa shape index (κ1) is 13.6. The second kappa shape index (κ2) is 5.87. The van der Waals surface area contributed by atoms with Crippen LogP contribution in [0.4, 0.5) is 5.82 Å². The van der Waals surface area contributed by atoms with Gasteiger partial charge in [-0.3, -0.25) is 0 Å². The van der Waals surface area contributed by atoms with Gasteiger partial charge in [-0.1, -0.05) is 38.3 Å². The molecule has 1 aromatic rings. The van der Waals surface area contributed by atoms with Gasteiger partial charge in [-0.05, 0) is 25.7 Å². The monoisotopic (exact) mass is 267 g/mol. The van der Waals surface area contributed by atoms with Crippen LogP contribution in [-0.4, -0.2) is 16.0 Å². The summed E-state index contributed by atoms with van der Waals surface area (Å²) in [5.41, 5.74) is 0. The molecule has 3 nitrogen and oxygen atoms in total. The largest absolute Gasteiger partial charge is 0.367 e. The molecule has 1 aromatic heterocycles. The van der Waals surface area contributed by atoms with Crippen molar-refractivity contribution < 1.29 is 0 Å². The van der Waals surface area contributed by atoms with Crippen molar-refractivity contribution in [1.82, 2.24) is 9.97 Å². The van der Waals surface area contributed by atoms with Crippen LogP contribution in [-0.2, 0) is 0 Å². The second-order valence-corrected chi connectivity index (χ2v) is 5.61. The molecule has 0 saturated heterocycles. The molecule has 0 spiro atoms. The van der Waals surface area contributed by atoms with Crippen LogP contribution >= 0.6 is 11.6 Å². The molecular formula is C14H22ClN3. The van der Waals surface area contributed by atoms with Crippen LogP contribution in [0.15, 0.2) is 6.07 Å². The van der Waals surface area contributed by atoms with Crippen molar-refractivity contribution in [2.45, 2.75) is 58.4 Å². The number of nitrogens with one attached hydrogen (secondary N) is 1. The van der Waals surface area contributed by atoms with Crippen molar-refractivity contribution in [3.05, 3.63) is 17.0 Å². The van der Waals surface area contributed by atoms with Gasteiger partial charge in [0, 0.05) is 18.0 Å². The van der Waals surface area contributed by atoms with E-state index in [0.29, 0.717) is 23.0 Å². The maximum Gasteiger partial charge on any atom is 0.135 e. The zero-order chi connectivity index (χ0) is 13.1. The highest BCUT2D eigenvalue weighted by atomic mass is 35.5. The molecular weight excluding hydrogens is 246 g/mol. The highest BCUT2D eigenvalue weighted by molar-refractivity contribution is 6.29. The lowest BCUT2D eigenvalue weighted by Gasteiger charge is -2.23. The van der Waals surface area contributed by atoms with Crippen LogP contribution < -0.4 is 5.32 Å². The molecule has 1 N–H and O–H groups in total. The van der Waals surface area contributed by atoms with E-state index in [4.69, 9.17) is 11.6 Å². The van der Waals surface area contributed by atoms with Crippen LogP contribution in [0.1, 0.15) is 58.2 Å². The smallest absolute Gasteiger partial charge is 0.135 e. The minimum Gasteiger partial charge on any atom is -0.367 e. The molecule has 0 amide bonds. The number of hydrogen-bond acceptors (Lipinski definition) is 3. The van der Waals surface area contributed by atoms with Crippen molar-refractivity contribution >= 4 is 17.4 Å². The van der Waals surface area contributed by atoms with Crippen molar-refractivity contribution in [3.63, 3.8) is 0 Å². The minimum atomic E-state index is 0.415. The third kappa shape index (κ3) is 3.35. The van der Waals surface area contributed by atoms with Crippen LogP contribution in [0.5, 0.6) is 0 Å². The Morgan fingerprint density at radius 3 is 2.56 bits per heavy atom. The first-order valence-electron chi connectivity index (χ1n) is 6.95. The topological polar surface area (TPSA) is 37.8 Å². The van der Waals surface area contributed by atoms with E-state index in [0.717, 1.165) is 11.6 Å². The zero-order valence-electron chi connectivity index (χ0n) is 11.4. The summed E-state index contributed by atoms with van der Waals surface area (Å²) >= 11 is 6.06. The molecule has 0 radical (unpaired) electrons. The van der Waals surface area contributed by atoms with E-state index in [-0.39, 0.29) is 0 Å². The van der Waals surface area contributed by atoms with Gasteiger partial charge in [-0.2, -0.15) is 0 Å². The van der Waals surface area contributed by atoms with Gasteiger partial charge in [-0.15, -0.1) is 0 Å². The Hall–Kier alpha value is -0.830. The van der Waals surface area contributed by atoms with Gasteiger partial charge in [0.15, 0.2) is 0 Å². The number of nitrogens with zero attached hydrogens (tertiary/aromatic N) is 2. The van der Waals surface area contributed by atoms with Crippen LogP contribution in [0.2, 0.25) is 5.15 Å². The Labute approximate surface area is 114 Å². The molecule has 1 atom stereocenters. The number of halogens is 1. The number of hydrogen-bond donors (Lipinski definition) is 1. The van der Waals surface area contributed by atoms with Crippen molar-refractivity contribution in [1.29, 1.82) is 0 Å². The third-order valence-corrected chi connectivity index (χ3v) is 3.98. The molecule has 0 aromatic carbocycles. The van der Waals surface area contributed by atoms with Crippen LogP contribution in [0, 0.1) is 5.92 Å². The Morgan fingerprint density at radius 2 is 2.00 bits per heavy atom. The van der Waals surface area contributed by atoms with Gasteiger partial charge in [0.2, 0.25) is 0 Å². The van der Waals surface area contributed by atoms with Crippen LogP contribution in [0.25, 0.3) is 0 Å². The summed E-state index contributed by atoms with van der Waals surface area (Å²) in [5, 5.41) is 4.02. The summed E-state index contributed by atoms with van der Waals surface area (Å²) in [6.45, 7) is 6.67. The molecule has 2 rings (SSSR count). The summed E-state index contributed by atoms with van der Waals surface area (Å²) in [7, 11) is 0. The normalized spacial score (nSPS) is 16.9. The Bertz CT molecular complexity index is 400. The molecule has 1 saturated carbocycles. The van der Waals surface area contributed by atoms with Crippen LogP contribution in [0.3, 0.4) is 0 Å². The lowest BCUT2D eigenvalue weighted by atomic mass is 9.95. The highest BCUT2D eigenvalue weighted by Gasteiger charge is 2.27. The molecule has 0 bridgehead atoms. The van der Waals surface area contributed by atoms with Gasteiger partial charge in [0.1, 0.15) is 16.8 Å². The fraction of sp³-hybridized carbons (Fsp3) is 0.714. The summed E-state index contributed by atoms with van der Waals surface area (Å²) < 4.78 is 0. The van der Waals surface area contributed by atoms with Gasteiger partial charge in [0.25, 0.3) is 0 Å². The molecule has 1 unspecified atom stereocenters. The lowest BCUT2D eigenvalue weighted by molar-refractivity contribution is 0.437. The molecule has 0 aliphatic heterocycles. The number of anilines is 1. The van der Waals surface area contributed by atoms with E-state index in [1.165, 1.54) is 25.7 Å². The molecule has 100 valence electrons. The highest BCUT2D eigenvalue weighted by Crippen LogP contribution is 2.38. The number of rotatable bonds is 6. The Kier molecular flexibility index (Phi) is 4.44. The van der Waals surface area contributed by atoms with Gasteiger partial charge < -0.3 is 5.32 Å². The summed E-state index contributed by atoms with van der Waals surface area (Å²) in [5.74, 6) is 2.98. The summed E-state index contributed by atoms with van der Waals surface area (Å²) in [6.07, 6.45) is 4.75. The van der Waals surface area contributed by atoms with Gasteiger partial charge >= 0.3 is 0 Å². The summed E-state index contributed by atoms with van der Waals surface area (Å²) in [4.78, 5) is 8.88. The predicted octanol–water partition coefficient (Wildman–Crippen LogP) is 4.24. The second-order valence-electron chi connectivity index (χ2n) is 5.22. The van der Waals surface area contributed by atoms with Crippen molar-refractivity contribution in [3.8, 4) is 0 Å². The third-order valence-electron chi connectivity index (χ3n) is 3.79. The molecule has 1 fully saturated rings. The van der Waals surface area contributed by atoms with E-state index < -0.39 is 0 Å². The average Bonchev–Trinajstić information content (AvgIpc) is 3.13. The zero-order valence-corrected chi connectivity index (χ0v) is 12.2. The Balaban J connectivity index is 2.08. The van der Waals surface area contributed by atoms with E-state index in [2.05, 4.69) is 36.1 Å². The fourth-order valence-corrected chi connectivity index (χ4v) is 2.57. The lowest BCUT2D eigenvalue weighted by Crippen LogP contribution is -2.25. The first-order valence-corrected chi connectivity index (χ1v) is 7.32. The van der Waals surface area contributed by atoms with Crippen molar-refractivity contribution in [2.75, 3.05) is 5.32 Å². The quantitative estimate of drug-likeness (QED) is 0.783. The molecule has 4 heteroatoms. The minimum absolute atomic E-state index is 0.415. The predicted molar refractivity (Wildman–Crippen MR) is 76.2 cm³/mol. The summed E-state index contributed by atoms with van der Waals surface area (Å²) in [6, 6.07) is 2.24.